The molecule has 0 fully saturated rings. The maximum Gasteiger partial charge on any atom is 0.412 e. The predicted octanol–water partition coefficient (Wildman–Crippen LogP) is 5.64. The Morgan fingerprint density at radius 3 is 2.48 bits per heavy atom. The normalized spacial score (nSPS) is 14.1. The largest absolute Gasteiger partial charge is 0.412 e. The van der Waals surface area contributed by atoms with Gasteiger partial charge in [-0.1, -0.05) is 29.8 Å². The van der Waals surface area contributed by atoms with Gasteiger partial charge in [-0.05, 0) is 38.0 Å². The van der Waals surface area contributed by atoms with Crippen LogP contribution in [0.15, 0.2) is 69.3 Å². The molecule has 0 aromatic rings. The summed E-state index contributed by atoms with van der Waals surface area (Å²) in [6, 6.07) is 0. The van der Waals surface area contributed by atoms with Crippen LogP contribution in [0, 0.1) is 0 Å². The Bertz CT molecular complexity index is 686. The van der Waals surface area contributed by atoms with Crippen molar-refractivity contribution in [1.82, 2.24) is 0 Å². The zero-order chi connectivity index (χ0) is 16.0. The molecule has 0 N–H and O–H groups in total. The zero-order valence-electron chi connectivity index (χ0n) is 12.0. The van der Waals surface area contributed by atoms with Crippen molar-refractivity contribution in [2.75, 3.05) is 0 Å². The minimum absolute atomic E-state index is 0.0633. The van der Waals surface area contributed by atoms with Crippen molar-refractivity contribution in [3.8, 4) is 0 Å². The highest BCUT2D eigenvalue weighted by Gasteiger charge is 2.30. The average molecular weight is 294 g/mol. The van der Waals surface area contributed by atoms with Gasteiger partial charge in [-0.3, -0.25) is 0 Å². The van der Waals surface area contributed by atoms with Crippen molar-refractivity contribution >= 4 is 0 Å². The van der Waals surface area contributed by atoms with E-state index < -0.39 is 17.6 Å². The Balaban J connectivity index is 3.52. The molecule has 0 amide bonds. The lowest BCUT2D eigenvalue weighted by Crippen LogP contribution is -2.09. The summed E-state index contributed by atoms with van der Waals surface area (Å²) in [6.45, 7) is 4.62. The highest BCUT2D eigenvalue weighted by Crippen LogP contribution is 2.28. The molecule has 0 aromatic heterocycles. The van der Waals surface area contributed by atoms with Crippen LogP contribution >= 0.6 is 0 Å². The summed E-state index contributed by atoms with van der Waals surface area (Å²) in [6.07, 6.45) is -0.718. The van der Waals surface area contributed by atoms with Gasteiger partial charge in [0.1, 0.15) is 5.83 Å². The van der Waals surface area contributed by atoms with Gasteiger partial charge >= 0.3 is 6.18 Å². The third-order valence-corrected chi connectivity index (χ3v) is 2.74. The molecule has 0 bridgehead atoms. The van der Waals surface area contributed by atoms with Gasteiger partial charge in [-0.25, -0.2) is 4.39 Å². The monoisotopic (exact) mass is 294 g/mol. The van der Waals surface area contributed by atoms with Gasteiger partial charge in [0.15, 0.2) is 0 Å². The summed E-state index contributed by atoms with van der Waals surface area (Å²) in [5.74, 6) is -0.600. The molecule has 4 heteroatoms. The third kappa shape index (κ3) is 5.36. The number of hydrogen-bond acceptors (Lipinski definition) is 0. The molecule has 21 heavy (non-hydrogen) atoms. The summed E-state index contributed by atoms with van der Waals surface area (Å²) >= 11 is 0. The van der Waals surface area contributed by atoms with Crippen LogP contribution in [0.5, 0.6) is 0 Å². The molecular formula is C17H14F4. The molecular weight excluding hydrogens is 280 g/mol. The molecule has 0 aromatic carbocycles. The fourth-order valence-electron chi connectivity index (χ4n) is 1.29. The van der Waals surface area contributed by atoms with Crippen LogP contribution in [0.1, 0.15) is 27.2 Å². The zero-order valence-corrected chi connectivity index (χ0v) is 12.0. The van der Waals surface area contributed by atoms with Crippen LogP contribution in [0.25, 0.3) is 0 Å². The molecule has 0 heterocycles. The van der Waals surface area contributed by atoms with Crippen molar-refractivity contribution in [2.45, 2.75) is 33.4 Å². The van der Waals surface area contributed by atoms with E-state index in [-0.39, 0.29) is 11.1 Å². The first-order chi connectivity index (χ1) is 9.74. The first-order valence-corrected chi connectivity index (χ1v) is 6.30. The van der Waals surface area contributed by atoms with Gasteiger partial charge in [0.05, 0.1) is 0 Å². The third-order valence-electron chi connectivity index (χ3n) is 2.74. The van der Waals surface area contributed by atoms with E-state index in [0.29, 0.717) is 6.42 Å². The van der Waals surface area contributed by atoms with E-state index in [1.165, 1.54) is 0 Å². The quantitative estimate of drug-likeness (QED) is 0.359. The minimum Gasteiger partial charge on any atom is -0.206 e. The Morgan fingerprint density at radius 2 is 1.95 bits per heavy atom. The maximum atomic E-state index is 13.2. The van der Waals surface area contributed by atoms with Crippen molar-refractivity contribution in [1.29, 1.82) is 0 Å². The molecule has 1 rings (SSSR count). The van der Waals surface area contributed by atoms with Crippen LogP contribution in [0.4, 0.5) is 17.6 Å². The van der Waals surface area contributed by atoms with Gasteiger partial charge in [0.2, 0.25) is 0 Å². The molecule has 0 radical (unpaired) electrons. The van der Waals surface area contributed by atoms with E-state index >= 15 is 0 Å². The Morgan fingerprint density at radius 1 is 1.29 bits per heavy atom. The number of hydrogen-bond donors (Lipinski definition) is 0. The SMILES string of the molecule is CCC(C)=C=C=C(C=C(C)C(F)(F)F)C1=C=C=CC(F)=C1. The highest BCUT2D eigenvalue weighted by atomic mass is 19.4. The van der Waals surface area contributed by atoms with Crippen LogP contribution in [-0.4, -0.2) is 6.18 Å². The molecule has 0 saturated carbocycles. The van der Waals surface area contributed by atoms with Crippen LogP contribution < -0.4 is 0 Å². The number of alkyl halides is 3. The van der Waals surface area contributed by atoms with E-state index in [2.05, 4.69) is 22.9 Å². The van der Waals surface area contributed by atoms with Crippen molar-refractivity contribution in [3.63, 3.8) is 0 Å². The summed E-state index contributed by atoms with van der Waals surface area (Å²) in [5, 5.41) is 0. The van der Waals surface area contributed by atoms with Crippen molar-refractivity contribution in [3.05, 3.63) is 69.3 Å². The lowest BCUT2D eigenvalue weighted by atomic mass is 10.0. The summed E-state index contributed by atoms with van der Waals surface area (Å²) < 4.78 is 51.1. The lowest BCUT2D eigenvalue weighted by Gasteiger charge is -2.07. The van der Waals surface area contributed by atoms with Gasteiger partial charge in [-0.2, -0.15) is 13.2 Å². The molecule has 0 unspecified atom stereocenters. The van der Waals surface area contributed by atoms with Gasteiger partial charge in [0.25, 0.3) is 0 Å². The van der Waals surface area contributed by atoms with E-state index in [1.807, 2.05) is 6.92 Å². The Hall–Kier alpha value is -2.20. The molecule has 0 saturated heterocycles. The first-order valence-electron chi connectivity index (χ1n) is 6.30. The van der Waals surface area contributed by atoms with Crippen LogP contribution in [-0.2, 0) is 0 Å². The van der Waals surface area contributed by atoms with E-state index in [9.17, 15) is 17.6 Å². The molecule has 0 aliphatic heterocycles. The topological polar surface area (TPSA) is 0 Å². The van der Waals surface area contributed by atoms with E-state index in [4.69, 9.17) is 0 Å². The number of halogens is 4. The second-order valence-corrected chi connectivity index (χ2v) is 4.48. The minimum atomic E-state index is -4.45. The summed E-state index contributed by atoms with van der Waals surface area (Å²) in [5.41, 5.74) is 10.6. The predicted molar refractivity (Wildman–Crippen MR) is 74.1 cm³/mol. The van der Waals surface area contributed by atoms with E-state index in [0.717, 1.165) is 30.7 Å². The van der Waals surface area contributed by atoms with Gasteiger partial charge in [0, 0.05) is 22.8 Å². The van der Waals surface area contributed by atoms with E-state index in [1.54, 1.807) is 6.92 Å². The van der Waals surface area contributed by atoms with Crippen molar-refractivity contribution in [2.24, 2.45) is 0 Å². The highest BCUT2D eigenvalue weighted by molar-refractivity contribution is 5.50. The lowest BCUT2D eigenvalue weighted by molar-refractivity contribution is -0.0913. The number of allylic oxidation sites excluding steroid dienone is 8. The molecule has 0 nitrogen and oxygen atoms in total. The molecule has 0 atom stereocenters. The molecule has 1 aliphatic rings. The first kappa shape index (κ1) is 16.9. The average Bonchev–Trinajstić information content (AvgIpc) is 2.41. The van der Waals surface area contributed by atoms with Gasteiger partial charge in [-0.15, -0.1) is 0 Å². The smallest absolute Gasteiger partial charge is 0.206 e. The Kier molecular flexibility index (Phi) is 5.61. The molecule has 1 aliphatic carbocycles. The fraction of sp³-hybridized carbons (Fsp3) is 0.294. The summed E-state index contributed by atoms with van der Waals surface area (Å²) in [4.78, 5) is 0. The molecule has 110 valence electrons. The van der Waals surface area contributed by atoms with Gasteiger partial charge < -0.3 is 0 Å². The Labute approximate surface area is 121 Å². The maximum absolute atomic E-state index is 13.2. The second kappa shape index (κ2) is 6.99. The van der Waals surface area contributed by atoms with Crippen LogP contribution in [0.3, 0.4) is 0 Å². The standard InChI is InChI=1S/C17H14F4/c1-4-12(2)8-9-15(10-13(3)17(19,20)21)14-6-5-7-16(18)11-14/h7,10-11H,4H2,1-3H3. The number of rotatable bonds is 3. The fourth-order valence-corrected chi connectivity index (χ4v) is 1.29. The summed E-state index contributed by atoms with van der Waals surface area (Å²) in [7, 11) is 0. The van der Waals surface area contributed by atoms with Crippen molar-refractivity contribution < 1.29 is 17.6 Å². The molecule has 0 spiro atoms. The van der Waals surface area contributed by atoms with Crippen LogP contribution in [0.2, 0.25) is 0 Å². The second-order valence-electron chi connectivity index (χ2n) is 4.48.